The van der Waals surface area contributed by atoms with Crippen LogP contribution in [0.2, 0.25) is 0 Å². The Balaban J connectivity index is 1.67. The van der Waals surface area contributed by atoms with E-state index in [0.717, 1.165) is 22.6 Å². The maximum absolute atomic E-state index is 13.4. The largest absolute Gasteiger partial charge is 0.494 e. The number of hydrogen-bond donors (Lipinski definition) is 1. The highest BCUT2D eigenvalue weighted by molar-refractivity contribution is 6.01. The van der Waals surface area contributed by atoms with Crippen molar-refractivity contribution < 1.29 is 14.3 Å². The van der Waals surface area contributed by atoms with Crippen LogP contribution in [-0.4, -0.2) is 41.4 Å². The van der Waals surface area contributed by atoms with Crippen molar-refractivity contribution in [2.24, 2.45) is 0 Å². The minimum Gasteiger partial charge on any atom is -0.494 e. The highest BCUT2D eigenvalue weighted by atomic mass is 16.5. The molecule has 0 fully saturated rings. The molecular formula is C24H25N3O3. The van der Waals surface area contributed by atoms with E-state index >= 15 is 0 Å². The number of amides is 3. The number of nitrogens with one attached hydrogen (secondary N) is 1. The number of carbonyl (C=O) groups excluding carboxylic acids is 2. The number of urea groups is 1. The van der Waals surface area contributed by atoms with Gasteiger partial charge in [0.15, 0.2) is 0 Å². The molecule has 1 unspecified atom stereocenters. The van der Waals surface area contributed by atoms with Crippen LogP contribution in [0.4, 0.5) is 4.79 Å². The first kappa shape index (κ1) is 19.8. The van der Waals surface area contributed by atoms with Gasteiger partial charge in [-0.05, 0) is 30.2 Å². The fraction of sp³-hybridized carbons (Fsp3) is 0.250. The fourth-order valence-corrected chi connectivity index (χ4v) is 3.98. The van der Waals surface area contributed by atoms with Crippen LogP contribution in [0.3, 0.4) is 0 Å². The van der Waals surface area contributed by atoms with E-state index in [0.29, 0.717) is 31.8 Å². The van der Waals surface area contributed by atoms with E-state index < -0.39 is 6.04 Å². The Bertz CT molecular complexity index is 983. The summed E-state index contributed by atoms with van der Waals surface area (Å²) in [6.07, 6.45) is 1.67. The second-order valence-corrected chi connectivity index (χ2v) is 7.29. The molecular weight excluding hydrogens is 378 g/mol. The molecule has 2 aromatic carbocycles. The average Bonchev–Trinajstić information content (AvgIpc) is 3.08. The molecule has 0 saturated carbocycles. The lowest BCUT2D eigenvalue weighted by molar-refractivity contribution is -0.126. The van der Waals surface area contributed by atoms with Crippen LogP contribution < -0.4 is 10.1 Å². The van der Waals surface area contributed by atoms with Gasteiger partial charge in [-0.15, -0.1) is 6.58 Å². The first-order valence-electron chi connectivity index (χ1n) is 10.1. The molecule has 1 N–H and O–H groups in total. The van der Waals surface area contributed by atoms with Gasteiger partial charge >= 0.3 is 6.03 Å². The standard InChI is InChI=1S/C24H25N3O3/c1-3-14-27-20-16-26(15-17-8-6-5-7-9-17)23(28)21(20)22(25-24(27)29)18-10-12-19(13-11-18)30-4-2/h3,5-13,22H,1,4,14-16H2,2H3,(H,25,29). The molecule has 2 heterocycles. The molecule has 0 aliphatic carbocycles. The molecule has 3 amide bonds. The van der Waals surface area contributed by atoms with Crippen LogP contribution in [0.15, 0.2) is 78.5 Å². The summed E-state index contributed by atoms with van der Waals surface area (Å²) < 4.78 is 5.52. The molecule has 0 spiro atoms. The van der Waals surface area contributed by atoms with Gasteiger partial charge in [0, 0.05) is 13.1 Å². The van der Waals surface area contributed by atoms with Crippen LogP contribution in [0, 0.1) is 0 Å². The molecule has 6 heteroatoms. The van der Waals surface area contributed by atoms with Gasteiger partial charge in [-0.25, -0.2) is 4.79 Å². The predicted octanol–water partition coefficient (Wildman–Crippen LogP) is 3.63. The van der Waals surface area contributed by atoms with Crippen LogP contribution in [0.5, 0.6) is 5.75 Å². The summed E-state index contributed by atoms with van der Waals surface area (Å²) in [5, 5.41) is 3.00. The van der Waals surface area contributed by atoms with Gasteiger partial charge in [-0.2, -0.15) is 0 Å². The van der Waals surface area contributed by atoms with Crippen molar-refractivity contribution in [3.63, 3.8) is 0 Å². The zero-order valence-corrected chi connectivity index (χ0v) is 17.0. The van der Waals surface area contributed by atoms with E-state index in [1.54, 1.807) is 15.9 Å². The van der Waals surface area contributed by atoms with Crippen molar-refractivity contribution in [3.8, 4) is 5.75 Å². The number of ether oxygens (including phenoxy) is 1. The van der Waals surface area contributed by atoms with Gasteiger partial charge in [0.25, 0.3) is 5.91 Å². The van der Waals surface area contributed by atoms with Crippen molar-refractivity contribution in [2.45, 2.75) is 19.5 Å². The summed E-state index contributed by atoms with van der Waals surface area (Å²) in [5.74, 6) is 0.705. The summed E-state index contributed by atoms with van der Waals surface area (Å²) in [6.45, 7) is 7.52. The zero-order chi connectivity index (χ0) is 21.1. The molecule has 0 bridgehead atoms. The van der Waals surface area contributed by atoms with Crippen molar-refractivity contribution in [1.82, 2.24) is 15.1 Å². The van der Waals surface area contributed by atoms with Gasteiger partial charge in [0.2, 0.25) is 0 Å². The average molecular weight is 403 g/mol. The minimum atomic E-state index is -0.488. The molecule has 0 radical (unpaired) electrons. The van der Waals surface area contributed by atoms with Gasteiger partial charge in [-0.1, -0.05) is 48.5 Å². The Kier molecular flexibility index (Phi) is 5.57. The van der Waals surface area contributed by atoms with E-state index in [1.165, 1.54) is 0 Å². The Hall–Kier alpha value is -3.54. The summed E-state index contributed by atoms with van der Waals surface area (Å²) in [6, 6.07) is 16.7. The maximum atomic E-state index is 13.4. The molecule has 1 atom stereocenters. The third kappa shape index (κ3) is 3.68. The molecule has 2 aliphatic heterocycles. The highest BCUT2D eigenvalue weighted by Crippen LogP contribution is 2.37. The van der Waals surface area contributed by atoms with Crippen molar-refractivity contribution in [2.75, 3.05) is 19.7 Å². The first-order valence-corrected chi connectivity index (χ1v) is 10.1. The number of nitrogens with zero attached hydrogens (tertiary/aromatic N) is 2. The molecule has 154 valence electrons. The van der Waals surface area contributed by atoms with E-state index in [4.69, 9.17) is 4.74 Å². The monoisotopic (exact) mass is 403 g/mol. The maximum Gasteiger partial charge on any atom is 0.322 e. The normalized spacial score (nSPS) is 18.4. The van der Waals surface area contributed by atoms with Gasteiger partial charge < -0.3 is 15.0 Å². The number of rotatable bonds is 7. The topological polar surface area (TPSA) is 61.9 Å². The molecule has 6 nitrogen and oxygen atoms in total. The Morgan fingerprint density at radius 1 is 1.13 bits per heavy atom. The predicted molar refractivity (Wildman–Crippen MR) is 115 cm³/mol. The van der Waals surface area contributed by atoms with Crippen LogP contribution in [0.25, 0.3) is 0 Å². The number of benzene rings is 2. The van der Waals surface area contributed by atoms with Gasteiger partial charge in [-0.3, -0.25) is 9.69 Å². The van der Waals surface area contributed by atoms with E-state index in [-0.39, 0.29) is 11.9 Å². The fourth-order valence-electron chi connectivity index (χ4n) is 3.98. The zero-order valence-electron chi connectivity index (χ0n) is 17.0. The summed E-state index contributed by atoms with van der Waals surface area (Å²) >= 11 is 0. The Labute approximate surface area is 176 Å². The summed E-state index contributed by atoms with van der Waals surface area (Å²) in [7, 11) is 0. The van der Waals surface area contributed by atoms with Crippen molar-refractivity contribution in [1.29, 1.82) is 0 Å². The summed E-state index contributed by atoms with van der Waals surface area (Å²) in [5.41, 5.74) is 3.28. The SMILES string of the molecule is C=CCN1C(=O)NC(c2ccc(OCC)cc2)C2=C1CN(Cc1ccccc1)C2=O. The second-order valence-electron chi connectivity index (χ2n) is 7.29. The lowest BCUT2D eigenvalue weighted by Crippen LogP contribution is -2.47. The number of hydrogen-bond acceptors (Lipinski definition) is 3. The number of carbonyl (C=O) groups is 2. The third-order valence-electron chi connectivity index (χ3n) is 5.35. The Morgan fingerprint density at radius 2 is 1.87 bits per heavy atom. The van der Waals surface area contributed by atoms with E-state index in [9.17, 15) is 9.59 Å². The molecule has 2 aromatic rings. The third-order valence-corrected chi connectivity index (χ3v) is 5.35. The van der Waals surface area contributed by atoms with Crippen LogP contribution >= 0.6 is 0 Å². The van der Waals surface area contributed by atoms with Crippen LogP contribution in [0.1, 0.15) is 24.1 Å². The highest BCUT2D eigenvalue weighted by Gasteiger charge is 2.43. The Morgan fingerprint density at radius 3 is 2.53 bits per heavy atom. The lowest BCUT2D eigenvalue weighted by atomic mass is 9.95. The smallest absolute Gasteiger partial charge is 0.322 e. The van der Waals surface area contributed by atoms with Gasteiger partial charge in [0.1, 0.15) is 5.75 Å². The lowest BCUT2D eigenvalue weighted by Gasteiger charge is -2.33. The van der Waals surface area contributed by atoms with Crippen molar-refractivity contribution >= 4 is 11.9 Å². The van der Waals surface area contributed by atoms with Crippen LogP contribution in [-0.2, 0) is 11.3 Å². The molecule has 0 saturated heterocycles. The summed E-state index contributed by atoms with van der Waals surface area (Å²) in [4.78, 5) is 29.6. The second kappa shape index (κ2) is 8.45. The molecule has 4 rings (SSSR count). The molecule has 0 aromatic heterocycles. The minimum absolute atomic E-state index is 0.0539. The van der Waals surface area contributed by atoms with E-state index in [1.807, 2.05) is 61.5 Å². The quantitative estimate of drug-likeness (QED) is 0.718. The molecule has 2 aliphatic rings. The van der Waals surface area contributed by atoms with E-state index in [2.05, 4.69) is 11.9 Å². The first-order chi connectivity index (χ1) is 14.6. The molecule has 30 heavy (non-hydrogen) atoms. The van der Waals surface area contributed by atoms with Gasteiger partial charge in [0.05, 0.1) is 30.5 Å². The van der Waals surface area contributed by atoms with Crippen molar-refractivity contribution in [3.05, 3.63) is 89.6 Å².